The van der Waals surface area contributed by atoms with Crippen molar-refractivity contribution in [3.05, 3.63) is 47.7 Å². The smallest absolute Gasteiger partial charge is 0.422 e. The lowest BCUT2D eigenvalue weighted by molar-refractivity contribution is -0.154. The molecular weight excluding hydrogens is 415 g/mol. The van der Waals surface area contributed by atoms with Crippen LogP contribution in [0.2, 0.25) is 0 Å². The molecule has 0 aliphatic carbocycles. The first kappa shape index (κ1) is 24.3. The van der Waals surface area contributed by atoms with E-state index in [0.29, 0.717) is 23.6 Å². The molecule has 31 heavy (non-hydrogen) atoms. The second kappa shape index (κ2) is 11.4. The highest BCUT2D eigenvalue weighted by molar-refractivity contribution is 5.91. The average Bonchev–Trinajstić information content (AvgIpc) is 2.77. The third-order valence-electron chi connectivity index (χ3n) is 4.19. The number of ether oxygens (including phenoxy) is 3. The van der Waals surface area contributed by atoms with Gasteiger partial charge < -0.3 is 24.8 Å². The number of pyridine rings is 1. The average molecular weight is 441 g/mol. The van der Waals surface area contributed by atoms with Gasteiger partial charge in [0, 0.05) is 37.9 Å². The first-order chi connectivity index (χ1) is 14.9. The van der Waals surface area contributed by atoms with Gasteiger partial charge in [-0.25, -0.2) is 9.78 Å². The van der Waals surface area contributed by atoms with Crippen LogP contribution in [0, 0.1) is 0 Å². The molecule has 0 fully saturated rings. The summed E-state index contributed by atoms with van der Waals surface area (Å²) in [5, 5.41) is 5.35. The zero-order chi connectivity index (χ0) is 22.9. The SMILES string of the molecule is CC.COC1CCOc2c(NC(=O)NCc3ccnc(OCC(F)(F)F)c3)cccc21. The van der Waals surface area contributed by atoms with E-state index in [0.717, 1.165) is 12.0 Å². The van der Waals surface area contributed by atoms with E-state index in [1.807, 2.05) is 19.9 Å². The maximum absolute atomic E-state index is 12.3. The summed E-state index contributed by atoms with van der Waals surface area (Å²) in [5.41, 5.74) is 1.90. The summed E-state index contributed by atoms with van der Waals surface area (Å²) in [4.78, 5) is 16.0. The predicted octanol–water partition coefficient (Wildman–Crippen LogP) is 4.84. The lowest BCUT2D eigenvalue weighted by Gasteiger charge is -2.26. The van der Waals surface area contributed by atoms with Gasteiger partial charge >= 0.3 is 12.2 Å². The van der Waals surface area contributed by atoms with Crippen LogP contribution in [-0.4, -0.2) is 37.5 Å². The number of rotatable bonds is 6. The van der Waals surface area contributed by atoms with E-state index >= 15 is 0 Å². The number of carbonyl (C=O) groups excluding carboxylic acids is 1. The summed E-state index contributed by atoms with van der Waals surface area (Å²) in [6.45, 7) is 3.12. The van der Waals surface area contributed by atoms with E-state index in [1.54, 1.807) is 25.3 Å². The maximum atomic E-state index is 12.3. The van der Waals surface area contributed by atoms with Crippen molar-refractivity contribution in [2.75, 3.05) is 25.6 Å². The van der Waals surface area contributed by atoms with E-state index in [2.05, 4.69) is 20.4 Å². The molecule has 1 aliphatic rings. The molecule has 1 aliphatic heterocycles. The molecule has 2 amide bonds. The van der Waals surface area contributed by atoms with Gasteiger partial charge in [-0.3, -0.25) is 0 Å². The Labute approximate surface area is 178 Å². The van der Waals surface area contributed by atoms with Crippen LogP contribution < -0.4 is 20.1 Å². The minimum Gasteiger partial charge on any atom is -0.491 e. The number of alkyl halides is 3. The molecule has 2 N–H and O–H groups in total. The van der Waals surface area contributed by atoms with Crippen molar-refractivity contribution >= 4 is 11.7 Å². The van der Waals surface area contributed by atoms with Crippen LogP contribution in [0.1, 0.15) is 37.5 Å². The zero-order valence-corrected chi connectivity index (χ0v) is 17.6. The molecule has 0 saturated carbocycles. The van der Waals surface area contributed by atoms with Gasteiger partial charge in [-0.1, -0.05) is 26.0 Å². The number of nitrogens with one attached hydrogen (secondary N) is 2. The van der Waals surface area contributed by atoms with Crippen LogP contribution in [0.25, 0.3) is 0 Å². The zero-order valence-electron chi connectivity index (χ0n) is 17.6. The lowest BCUT2D eigenvalue weighted by Crippen LogP contribution is -2.29. The second-order valence-corrected chi connectivity index (χ2v) is 6.30. The number of aromatic nitrogens is 1. The maximum Gasteiger partial charge on any atom is 0.422 e. The highest BCUT2D eigenvalue weighted by atomic mass is 19.4. The molecule has 0 radical (unpaired) electrons. The van der Waals surface area contributed by atoms with Gasteiger partial charge in [-0.15, -0.1) is 0 Å². The number of urea groups is 1. The largest absolute Gasteiger partial charge is 0.491 e. The Morgan fingerprint density at radius 2 is 2.06 bits per heavy atom. The van der Waals surface area contributed by atoms with Crippen molar-refractivity contribution in [3.63, 3.8) is 0 Å². The quantitative estimate of drug-likeness (QED) is 0.670. The van der Waals surface area contributed by atoms with Gasteiger partial charge in [-0.2, -0.15) is 13.2 Å². The minimum atomic E-state index is -4.45. The van der Waals surface area contributed by atoms with Crippen LogP contribution >= 0.6 is 0 Å². The van der Waals surface area contributed by atoms with Gasteiger partial charge in [0.25, 0.3) is 0 Å². The Kier molecular flexibility index (Phi) is 8.92. The van der Waals surface area contributed by atoms with E-state index in [4.69, 9.17) is 9.47 Å². The van der Waals surface area contributed by atoms with E-state index in [1.165, 1.54) is 12.3 Å². The first-order valence-electron chi connectivity index (χ1n) is 9.83. The van der Waals surface area contributed by atoms with Gasteiger partial charge in [0.15, 0.2) is 6.61 Å². The highest BCUT2D eigenvalue weighted by Gasteiger charge is 2.28. The van der Waals surface area contributed by atoms with Crippen molar-refractivity contribution < 1.29 is 32.2 Å². The van der Waals surface area contributed by atoms with E-state index in [-0.39, 0.29) is 18.5 Å². The van der Waals surface area contributed by atoms with Crippen LogP contribution in [-0.2, 0) is 11.3 Å². The molecule has 3 rings (SSSR count). The third kappa shape index (κ3) is 7.32. The van der Waals surface area contributed by atoms with Crippen molar-refractivity contribution in [2.45, 2.75) is 39.1 Å². The molecule has 170 valence electrons. The summed E-state index contributed by atoms with van der Waals surface area (Å²) < 4.78 is 52.4. The van der Waals surface area contributed by atoms with Gasteiger partial charge in [-0.05, 0) is 17.7 Å². The van der Waals surface area contributed by atoms with Crippen molar-refractivity contribution in [2.24, 2.45) is 0 Å². The number of hydrogen-bond donors (Lipinski definition) is 2. The fourth-order valence-electron chi connectivity index (χ4n) is 2.88. The monoisotopic (exact) mass is 441 g/mol. The first-order valence-corrected chi connectivity index (χ1v) is 9.83. The number of methoxy groups -OCH3 is 1. The van der Waals surface area contributed by atoms with Crippen LogP contribution in [0.15, 0.2) is 36.5 Å². The van der Waals surface area contributed by atoms with Crippen molar-refractivity contribution in [3.8, 4) is 11.6 Å². The van der Waals surface area contributed by atoms with Gasteiger partial charge in [0.05, 0.1) is 18.4 Å². The molecule has 7 nitrogen and oxygen atoms in total. The van der Waals surface area contributed by atoms with E-state index < -0.39 is 18.8 Å². The minimum absolute atomic E-state index is 0.0767. The molecule has 1 atom stereocenters. The fourth-order valence-corrected chi connectivity index (χ4v) is 2.88. The van der Waals surface area contributed by atoms with E-state index in [9.17, 15) is 18.0 Å². The summed E-state index contributed by atoms with van der Waals surface area (Å²) >= 11 is 0. The number of halogens is 3. The summed E-state index contributed by atoms with van der Waals surface area (Å²) in [7, 11) is 1.62. The normalized spacial score (nSPS) is 15.0. The molecule has 0 spiro atoms. The molecule has 1 aromatic carbocycles. The molecule has 2 aromatic rings. The van der Waals surface area contributed by atoms with Crippen molar-refractivity contribution in [1.29, 1.82) is 0 Å². The number of nitrogens with zero attached hydrogens (tertiary/aromatic N) is 1. The standard InChI is InChI=1S/C19H20F3N3O4.C2H6/c1-27-15-6-8-28-17-13(15)3-2-4-14(17)25-18(26)24-10-12-5-7-23-16(9-12)29-11-19(20,21)22;1-2/h2-5,7,9,15H,6,8,10-11H2,1H3,(H2,24,25,26);1-2H3. The summed E-state index contributed by atoms with van der Waals surface area (Å²) in [5.74, 6) is 0.394. The molecular formula is C21H26F3N3O4. The number of fused-ring (bicyclic) bond motifs is 1. The molecule has 0 bridgehead atoms. The molecule has 0 saturated heterocycles. The summed E-state index contributed by atoms with van der Waals surface area (Å²) in [6, 6.07) is 7.80. The number of hydrogen-bond acceptors (Lipinski definition) is 5. The number of benzene rings is 1. The molecule has 2 heterocycles. The van der Waals surface area contributed by atoms with Crippen molar-refractivity contribution in [1.82, 2.24) is 10.3 Å². The Morgan fingerprint density at radius 3 is 2.77 bits per heavy atom. The van der Waals surface area contributed by atoms with Gasteiger partial charge in [0.1, 0.15) is 5.75 Å². The van der Waals surface area contributed by atoms with Crippen LogP contribution in [0.3, 0.4) is 0 Å². The van der Waals surface area contributed by atoms with Crippen LogP contribution in [0.4, 0.5) is 23.7 Å². The van der Waals surface area contributed by atoms with Crippen LogP contribution in [0.5, 0.6) is 11.6 Å². The van der Waals surface area contributed by atoms with Gasteiger partial charge in [0.2, 0.25) is 5.88 Å². The Hall–Kier alpha value is -3.01. The Balaban J connectivity index is 0.00000166. The molecule has 1 unspecified atom stereocenters. The number of carbonyl (C=O) groups is 1. The summed E-state index contributed by atoms with van der Waals surface area (Å²) in [6.07, 6.45) is -2.52. The molecule has 10 heteroatoms. The predicted molar refractivity (Wildman–Crippen MR) is 109 cm³/mol. The number of amides is 2. The molecule has 1 aromatic heterocycles. The second-order valence-electron chi connectivity index (χ2n) is 6.30. The Morgan fingerprint density at radius 1 is 1.29 bits per heavy atom. The topological polar surface area (TPSA) is 81.7 Å². The number of para-hydroxylation sites is 1. The third-order valence-corrected chi connectivity index (χ3v) is 4.19. The highest BCUT2D eigenvalue weighted by Crippen LogP contribution is 2.39. The number of anilines is 1. The Bertz CT molecular complexity index is 862. The lowest BCUT2D eigenvalue weighted by atomic mass is 10.0. The fraction of sp³-hybridized carbons (Fsp3) is 0.429.